The predicted octanol–water partition coefficient (Wildman–Crippen LogP) is 2.00. The Balaban J connectivity index is 1.87. The van der Waals surface area contributed by atoms with Crippen molar-refractivity contribution < 1.29 is 19.2 Å². The van der Waals surface area contributed by atoms with Crippen LogP contribution in [0.3, 0.4) is 0 Å². The van der Waals surface area contributed by atoms with Crippen LogP contribution in [0.25, 0.3) is 10.9 Å². The Morgan fingerprint density at radius 2 is 2.20 bits per heavy atom. The van der Waals surface area contributed by atoms with Gasteiger partial charge in [0.05, 0.1) is 25.4 Å². The summed E-state index contributed by atoms with van der Waals surface area (Å²) in [5.74, 6) is -0.643. The van der Waals surface area contributed by atoms with Crippen molar-refractivity contribution in [2.45, 2.75) is 32.2 Å². The van der Waals surface area contributed by atoms with E-state index in [0.717, 1.165) is 24.9 Å². The molecule has 1 aliphatic heterocycles. The Bertz CT molecular complexity index is 802. The summed E-state index contributed by atoms with van der Waals surface area (Å²) < 4.78 is 4.83. The molecule has 7 heteroatoms. The van der Waals surface area contributed by atoms with Crippen LogP contribution >= 0.6 is 11.6 Å². The number of nitrogens with one attached hydrogen (secondary N) is 3. The van der Waals surface area contributed by atoms with E-state index in [0.29, 0.717) is 28.7 Å². The van der Waals surface area contributed by atoms with E-state index in [1.54, 1.807) is 18.2 Å². The summed E-state index contributed by atoms with van der Waals surface area (Å²) in [6, 6.07) is 5.70. The van der Waals surface area contributed by atoms with Gasteiger partial charge in [0.25, 0.3) is 5.91 Å². The second kappa shape index (κ2) is 7.45. The minimum atomic E-state index is -0.527. The molecule has 134 valence electrons. The van der Waals surface area contributed by atoms with E-state index in [4.69, 9.17) is 16.3 Å². The smallest absolute Gasteiger partial charge is 0.356 e. The number of quaternary nitrogens is 1. The third kappa shape index (κ3) is 3.80. The fourth-order valence-electron chi connectivity index (χ4n) is 3.45. The van der Waals surface area contributed by atoms with Crippen LogP contribution in [0, 0.1) is 0 Å². The second-order valence-electron chi connectivity index (χ2n) is 6.59. The molecule has 25 heavy (non-hydrogen) atoms. The average molecular weight is 365 g/mol. The molecule has 2 atom stereocenters. The molecule has 2 heterocycles. The summed E-state index contributed by atoms with van der Waals surface area (Å²) in [6.07, 6.45) is 3.50. The number of aromatic nitrogens is 1. The normalized spacial score (nSPS) is 20.4. The minimum absolute atomic E-state index is 0.116. The number of fused-ring (bicyclic) bond motifs is 1. The van der Waals surface area contributed by atoms with Gasteiger partial charge in [0, 0.05) is 15.9 Å². The van der Waals surface area contributed by atoms with Crippen molar-refractivity contribution in [1.82, 2.24) is 4.98 Å². The number of rotatable bonds is 4. The summed E-state index contributed by atoms with van der Waals surface area (Å²) >= 11 is 6.08. The maximum Gasteiger partial charge on any atom is 0.356 e. The van der Waals surface area contributed by atoms with Gasteiger partial charge in [-0.1, -0.05) is 11.6 Å². The molecule has 0 saturated carbocycles. The van der Waals surface area contributed by atoms with E-state index in [9.17, 15) is 9.59 Å². The minimum Gasteiger partial charge on any atom is -0.464 e. The van der Waals surface area contributed by atoms with Gasteiger partial charge in [-0.15, -0.1) is 0 Å². The first-order valence-corrected chi connectivity index (χ1v) is 8.91. The number of aromatic amines is 1. The number of benzene rings is 1. The molecule has 2 aromatic rings. The first kappa shape index (κ1) is 17.8. The number of likely N-dealkylation sites (tertiary alicyclic amines) is 1. The summed E-state index contributed by atoms with van der Waals surface area (Å²) in [4.78, 5) is 28.9. The molecular formula is C18H23ClN3O3+. The number of H-pyrrole nitrogens is 1. The SMILES string of the molecule is COC(=O)c1[nH]c2ccc(Cl)cc2c1NC(=O)C[NH+]1CCCC[C@@H]1C. The molecule has 1 aromatic heterocycles. The zero-order valence-corrected chi connectivity index (χ0v) is 15.2. The van der Waals surface area contributed by atoms with Crippen molar-refractivity contribution in [1.29, 1.82) is 0 Å². The number of amides is 1. The third-order valence-electron chi connectivity index (χ3n) is 4.88. The van der Waals surface area contributed by atoms with Crippen molar-refractivity contribution in [3.63, 3.8) is 0 Å². The fraction of sp³-hybridized carbons (Fsp3) is 0.444. The van der Waals surface area contributed by atoms with E-state index < -0.39 is 5.97 Å². The van der Waals surface area contributed by atoms with Crippen LogP contribution in [-0.2, 0) is 9.53 Å². The molecule has 0 bridgehead atoms. The maximum absolute atomic E-state index is 12.6. The Kier molecular flexibility index (Phi) is 5.30. The number of anilines is 1. The van der Waals surface area contributed by atoms with Gasteiger partial charge in [-0.05, 0) is 44.4 Å². The highest BCUT2D eigenvalue weighted by Gasteiger charge is 2.26. The molecule has 1 unspecified atom stereocenters. The predicted molar refractivity (Wildman–Crippen MR) is 97.3 cm³/mol. The number of hydrogen-bond acceptors (Lipinski definition) is 3. The number of esters is 1. The lowest BCUT2D eigenvalue weighted by atomic mass is 10.0. The molecule has 3 rings (SSSR count). The summed E-state index contributed by atoms with van der Waals surface area (Å²) in [6.45, 7) is 3.56. The quantitative estimate of drug-likeness (QED) is 0.726. The lowest BCUT2D eigenvalue weighted by Gasteiger charge is -2.29. The molecule has 1 saturated heterocycles. The third-order valence-corrected chi connectivity index (χ3v) is 5.12. The first-order chi connectivity index (χ1) is 12.0. The summed E-state index contributed by atoms with van der Waals surface area (Å²) in [7, 11) is 1.31. The molecular weight excluding hydrogens is 342 g/mol. The number of piperidine rings is 1. The molecule has 6 nitrogen and oxygen atoms in total. The highest BCUT2D eigenvalue weighted by atomic mass is 35.5. The number of carbonyl (C=O) groups is 2. The van der Waals surface area contributed by atoms with Gasteiger partial charge >= 0.3 is 5.97 Å². The van der Waals surface area contributed by atoms with Gasteiger partial charge in [-0.3, -0.25) is 4.79 Å². The Hall–Kier alpha value is -2.05. The standard InChI is InChI=1S/C18H22ClN3O3/c1-11-5-3-4-8-22(11)10-15(23)21-16-13-9-12(19)6-7-14(13)20-17(16)18(24)25-2/h6-7,9,11,20H,3-5,8,10H2,1-2H3,(H,21,23)/p+1/t11-/m0/s1. The van der Waals surface area contributed by atoms with Crippen LogP contribution in [0.2, 0.25) is 5.02 Å². The van der Waals surface area contributed by atoms with Gasteiger partial charge in [0.15, 0.2) is 6.54 Å². The molecule has 1 fully saturated rings. The van der Waals surface area contributed by atoms with Gasteiger partial charge < -0.3 is 19.9 Å². The number of halogens is 1. The number of ether oxygens (including phenoxy) is 1. The Morgan fingerprint density at radius 1 is 1.40 bits per heavy atom. The molecule has 3 N–H and O–H groups in total. The van der Waals surface area contributed by atoms with Crippen LogP contribution in [0.15, 0.2) is 18.2 Å². The van der Waals surface area contributed by atoms with E-state index in [1.165, 1.54) is 18.4 Å². The van der Waals surface area contributed by atoms with Crippen molar-refractivity contribution >= 4 is 40.1 Å². The van der Waals surface area contributed by atoms with Crippen LogP contribution in [0.1, 0.15) is 36.7 Å². The van der Waals surface area contributed by atoms with E-state index in [1.807, 2.05) is 0 Å². The van der Waals surface area contributed by atoms with Gasteiger partial charge in [-0.2, -0.15) is 0 Å². The van der Waals surface area contributed by atoms with Crippen LogP contribution in [-0.4, -0.2) is 43.1 Å². The highest BCUT2D eigenvalue weighted by molar-refractivity contribution is 6.31. The van der Waals surface area contributed by atoms with E-state index in [2.05, 4.69) is 17.2 Å². The number of carbonyl (C=O) groups excluding carboxylic acids is 2. The zero-order valence-electron chi connectivity index (χ0n) is 14.4. The molecule has 0 aliphatic carbocycles. The number of hydrogen-bond donors (Lipinski definition) is 3. The largest absolute Gasteiger partial charge is 0.464 e. The van der Waals surface area contributed by atoms with Crippen molar-refractivity contribution in [2.75, 3.05) is 25.5 Å². The van der Waals surface area contributed by atoms with Gasteiger partial charge in [0.2, 0.25) is 0 Å². The van der Waals surface area contributed by atoms with Crippen molar-refractivity contribution in [3.05, 3.63) is 28.9 Å². The fourth-order valence-corrected chi connectivity index (χ4v) is 3.63. The van der Waals surface area contributed by atoms with E-state index in [-0.39, 0.29) is 11.6 Å². The van der Waals surface area contributed by atoms with Gasteiger partial charge in [0.1, 0.15) is 5.69 Å². The maximum atomic E-state index is 12.6. The molecule has 0 spiro atoms. The topological polar surface area (TPSA) is 75.6 Å². The molecule has 0 radical (unpaired) electrons. The summed E-state index contributed by atoms with van der Waals surface area (Å²) in [5, 5.41) is 4.13. The summed E-state index contributed by atoms with van der Waals surface area (Å²) in [5.41, 5.74) is 1.38. The van der Waals surface area contributed by atoms with Crippen LogP contribution in [0.5, 0.6) is 0 Å². The lowest BCUT2D eigenvalue weighted by molar-refractivity contribution is -0.920. The highest BCUT2D eigenvalue weighted by Crippen LogP contribution is 2.30. The average Bonchev–Trinajstić information content (AvgIpc) is 2.94. The first-order valence-electron chi connectivity index (χ1n) is 8.53. The molecule has 1 aromatic carbocycles. The molecule has 1 aliphatic rings. The second-order valence-corrected chi connectivity index (χ2v) is 7.02. The molecule has 1 amide bonds. The van der Waals surface area contributed by atoms with Crippen molar-refractivity contribution in [3.8, 4) is 0 Å². The van der Waals surface area contributed by atoms with Crippen molar-refractivity contribution in [2.24, 2.45) is 0 Å². The Morgan fingerprint density at radius 3 is 2.92 bits per heavy atom. The van der Waals surface area contributed by atoms with Crippen LogP contribution in [0.4, 0.5) is 5.69 Å². The van der Waals surface area contributed by atoms with Crippen LogP contribution < -0.4 is 10.2 Å². The lowest BCUT2D eigenvalue weighted by Crippen LogP contribution is -3.17. The van der Waals surface area contributed by atoms with E-state index >= 15 is 0 Å². The monoisotopic (exact) mass is 364 g/mol. The number of methoxy groups -OCH3 is 1. The zero-order chi connectivity index (χ0) is 18.0. The van der Waals surface area contributed by atoms with Gasteiger partial charge in [-0.25, -0.2) is 4.79 Å². The Labute approximate surface area is 151 Å².